The van der Waals surface area contributed by atoms with Crippen molar-refractivity contribution in [2.24, 2.45) is 5.10 Å². The number of ether oxygens (including phenoxy) is 2. The van der Waals surface area contributed by atoms with Gasteiger partial charge < -0.3 is 9.47 Å². The van der Waals surface area contributed by atoms with E-state index in [2.05, 4.69) is 43.6 Å². The van der Waals surface area contributed by atoms with Gasteiger partial charge in [-0.15, -0.1) is 0 Å². The summed E-state index contributed by atoms with van der Waals surface area (Å²) in [5, 5.41) is 6.03. The van der Waals surface area contributed by atoms with E-state index in [0.29, 0.717) is 51.5 Å². The Kier molecular flexibility index (Phi) is 9.07. The third-order valence-electron chi connectivity index (χ3n) is 5.50. The lowest BCUT2D eigenvalue weighted by Gasteiger charge is -2.21. The lowest BCUT2D eigenvalue weighted by atomic mass is 9.95. The molecule has 0 unspecified atom stereocenters. The van der Waals surface area contributed by atoms with E-state index >= 15 is 0 Å². The smallest absolute Gasteiger partial charge is 0.282 e. The highest BCUT2D eigenvalue weighted by molar-refractivity contribution is 14.1. The molecule has 38 heavy (non-hydrogen) atoms. The molecule has 0 amide bonds. The maximum Gasteiger partial charge on any atom is 0.282 e. The molecule has 0 atom stereocenters. The van der Waals surface area contributed by atoms with Crippen LogP contribution in [0.5, 0.6) is 11.5 Å². The second-order valence-corrected chi connectivity index (χ2v) is 12.4. The van der Waals surface area contributed by atoms with Crippen molar-refractivity contribution in [3.05, 3.63) is 93.9 Å². The number of hydrogen-bond donors (Lipinski definition) is 0. The minimum absolute atomic E-state index is 0.237. The molecule has 0 radical (unpaired) electrons. The van der Waals surface area contributed by atoms with Crippen LogP contribution in [0, 0.1) is 3.57 Å². The predicted octanol–water partition coefficient (Wildman–Crippen LogP) is 8.23. The Morgan fingerprint density at radius 3 is 2.53 bits per heavy atom. The van der Waals surface area contributed by atoms with E-state index in [9.17, 15) is 4.79 Å². The van der Waals surface area contributed by atoms with Gasteiger partial charge in [-0.3, -0.25) is 4.79 Å². The Labute approximate surface area is 253 Å². The van der Waals surface area contributed by atoms with Crippen LogP contribution in [0.15, 0.2) is 62.9 Å². The fourth-order valence-corrected chi connectivity index (χ4v) is 5.18. The molecule has 6 nitrogen and oxygen atoms in total. The van der Waals surface area contributed by atoms with E-state index in [1.807, 2.05) is 58.0 Å². The number of nitrogens with zero attached hydrogens (tertiary/aromatic N) is 3. The lowest BCUT2D eigenvalue weighted by molar-refractivity contribution is 0.267. The zero-order chi connectivity index (χ0) is 27.6. The molecule has 0 fully saturated rings. The van der Waals surface area contributed by atoms with Crippen LogP contribution in [0.25, 0.3) is 10.9 Å². The van der Waals surface area contributed by atoms with Crippen molar-refractivity contribution >= 4 is 78.8 Å². The van der Waals surface area contributed by atoms with Crippen molar-refractivity contribution < 1.29 is 9.47 Å². The van der Waals surface area contributed by atoms with Gasteiger partial charge in [0, 0.05) is 9.89 Å². The first-order valence-electron chi connectivity index (χ1n) is 11.8. The SMILES string of the molecule is CCOc1cc(C=Nn2c(C(C)(C)C)nc3ccc(Br)cc3c2=O)cc(I)c1OCc1ccc(Cl)c(Cl)c1. The van der Waals surface area contributed by atoms with Gasteiger partial charge in [-0.1, -0.05) is 66.0 Å². The standard InChI is InChI=1S/C28H25BrCl2IN3O3/c1-5-37-24-12-17(11-22(32)25(24)38-15-16-6-8-20(30)21(31)10-16)14-33-35-26(36)19-13-18(29)7-9-23(19)34-27(35)28(2,3)4/h6-14H,5,15H2,1-4H3. The van der Waals surface area contributed by atoms with Crippen molar-refractivity contribution in [3.63, 3.8) is 0 Å². The van der Waals surface area contributed by atoms with Crippen molar-refractivity contribution in [1.29, 1.82) is 0 Å². The van der Waals surface area contributed by atoms with Crippen LogP contribution in [0.2, 0.25) is 10.0 Å². The van der Waals surface area contributed by atoms with Crippen molar-refractivity contribution in [1.82, 2.24) is 9.66 Å². The molecule has 3 aromatic carbocycles. The third kappa shape index (κ3) is 6.52. The summed E-state index contributed by atoms with van der Waals surface area (Å²) >= 11 is 17.8. The zero-order valence-corrected chi connectivity index (χ0v) is 26.4. The fraction of sp³-hybridized carbons (Fsp3) is 0.250. The summed E-state index contributed by atoms with van der Waals surface area (Å²) in [5.74, 6) is 1.75. The van der Waals surface area contributed by atoms with Gasteiger partial charge in [0.25, 0.3) is 5.56 Å². The second-order valence-electron chi connectivity index (χ2n) is 9.51. The Morgan fingerprint density at radius 2 is 1.84 bits per heavy atom. The molecule has 1 heterocycles. The van der Waals surface area contributed by atoms with E-state index in [4.69, 9.17) is 37.7 Å². The molecule has 10 heteroatoms. The van der Waals surface area contributed by atoms with Gasteiger partial charge in [-0.2, -0.15) is 9.78 Å². The van der Waals surface area contributed by atoms with Crippen molar-refractivity contribution in [2.45, 2.75) is 39.7 Å². The van der Waals surface area contributed by atoms with Gasteiger partial charge in [0.15, 0.2) is 11.5 Å². The van der Waals surface area contributed by atoms with E-state index in [1.165, 1.54) is 4.68 Å². The number of benzene rings is 3. The molecule has 0 bridgehead atoms. The number of halogens is 4. The summed E-state index contributed by atoms with van der Waals surface area (Å²) in [6.07, 6.45) is 1.63. The van der Waals surface area contributed by atoms with Gasteiger partial charge in [-0.05, 0) is 83.1 Å². The molecule has 4 aromatic rings. The number of rotatable bonds is 7. The van der Waals surface area contributed by atoms with E-state index < -0.39 is 5.41 Å². The average Bonchev–Trinajstić information content (AvgIpc) is 2.85. The Balaban J connectivity index is 1.72. The number of hydrogen-bond acceptors (Lipinski definition) is 5. The van der Waals surface area contributed by atoms with E-state index in [1.54, 1.807) is 24.4 Å². The van der Waals surface area contributed by atoms with Crippen molar-refractivity contribution in [3.8, 4) is 11.5 Å². The average molecular weight is 729 g/mol. The quantitative estimate of drug-likeness (QED) is 0.142. The maximum atomic E-state index is 13.4. The summed E-state index contributed by atoms with van der Waals surface area (Å²) in [7, 11) is 0. The van der Waals surface area contributed by atoms with Gasteiger partial charge >= 0.3 is 0 Å². The predicted molar refractivity (Wildman–Crippen MR) is 167 cm³/mol. The molecular formula is C28H25BrCl2IN3O3. The normalized spacial score (nSPS) is 11.9. The van der Waals surface area contributed by atoms with E-state index in [0.717, 1.165) is 19.2 Å². The Hall–Kier alpha value is -2.14. The van der Waals surface area contributed by atoms with Gasteiger partial charge in [0.2, 0.25) is 0 Å². The fourth-order valence-electron chi connectivity index (χ4n) is 3.72. The molecule has 198 valence electrons. The number of fused-ring (bicyclic) bond motifs is 1. The Morgan fingerprint density at radius 1 is 1.08 bits per heavy atom. The molecule has 0 saturated carbocycles. The molecular weight excluding hydrogens is 704 g/mol. The third-order valence-corrected chi connectivity index (χ3v) is 7.53. The van der Waals surface area contributed by atoms with Gasteiger partial charge in [0.1, 0.15) is 12.4 Å². The largest absolute Gasteiger partial charge is 0.490 e. The second kappa shape index (κ2) is 11.9. The summed E-state index contributed by atoms with van der Waals surface area (Å²) in [5.41, 5.74) is 1.61. The highest BCUT2D eigenvalue weighted by Gasteiger charge is 2.23. The topological polar surface area (TPSA) is 65.7 Å². The molecule has 1 aromatic heterocycles. The molecule has 0 spiro atoms. The van der Waals surface area contributed by atoms with Crippen LogP contribution < -0.4 is 15.0 Å². The van der Waals surface area contributed by atoms with Crippen LogP contribution in [0.1, 0.15) is 44.6 Å². The highest BCUT2D eigenvalue weighted by Crippen LogP contribution is 2.35. The monoisotopic (exact) mass is 727 g/mol. The van der Waals surface area contributed by atoms with Gasteiger partial charge in [0.05, 0.1) is 37.3 Å². The van der Waals surface area contributed by atoms with E-state index in [-0.39, 0.29) is 5.56 Å². The highest BCUT2D eigenvalue weighted by atomic mass is 127. The van der Waals surface area contributed by atoms with Crippen molar-refractivity contribution in [2.75, 3.05) is 6.61 Å². The number of aromatic nitrogens is 2. The lowest BCUT2D eigenvalue weighted by Crippen LogP contribution is -2.29. The van der Waals surface area contributed by atoms with Crippen LogP contribution in [-0.4, -0.2) is 22.5 Å². The molecule has 0 aliphatic heterocycles. The molecule has 0 aliphatic carbocycles. The first-order valence-corrected chi connectivity index (χ1v) is 14.4. The van der Waals surface area contributed by atoms with Crippen LogP contribution in [0.3, 0.4) is 0 Å². The summed E-state index contributed by atoms with van der Waals surface area (Å²) in [6.45, 7) is 8.66. The summed E-state index contributed by atoms with van der Waals surface area (Å²) in [4.78, 5) is 18.2. The van der Waals surface area contributed by atoms with Gasteiger partial charge in [-0.25, -0.2) is 4.98 Å². The Bertz CT molecular complexity index is 1600. The zero-order valence-electron chi connectivity index (χ0n) is 21.2. The maximum absolute atomic E-state index is 13.4. The van der Waals surface area contributed by atoms with Crippen LogP contribution >= 0.6 is 61.7 Å². The molecule has 0 N–H and O–H groups in total. The van der Waals surface area contributed by atoms with Crippen LogP contribution in [-0.2, 0) is 12.0 Å². The summed E-state index contributed by atoms with van der Waals surface area (Å²) in [6, 6.07) is 14.6. The molecule has 0 saturated heterocycles. The minimum Gasteiger partial charge on any atom is -0.490 e. The summed E-state index contributed by atoms with van der Waals surface area (Å²) < 4.78 is 15.0. The first-order chi connectivity index (χ1) is 18.0. The first kappa shape index (κ1) is 28.9. The van der Waals surface area contributed by atoms with Crippen LogP contribution in [0.4, 0.5) is 0 Å². The minimum atomic E-state index is -0.412. The molecule has 4 rings (SSSR count). The molecule has 0 aliphatic rings.